The van der Waals surface area contributed by atoms with E-state index < -0.39 is 0 Å². The molecule has 1 aromatic carbocycles. The molecule has 0 saturated carbocycles. The van der Waals surface area contributed by atoms with E-state index in [0.29, 0.717) is 13.0 Å². The lowest BCUT2D eigenvalue weighted by atomic mass is 10.2. The summed E-state index contributed by atoms with van der Waals surface area (Å²) in [5.74, 6) is 1.49. The molecule has 1 aliphatic heterocycles. The smallest absolute Gasteiger partial charge is 0.231 e. The second-order valence-corrected chi connectivity index (χ2v) is 5.20. The van der Waals surface area contributed by atoms with E-state index in [-0.39, 0.29) is 12.7 Å². The Bertz CT molecular complexity index is 639. The number of carbonyl (C=O) groups excluding carboxylic acids is 1. The van der Waals surface area contributed by atoms with Gasteiger partial charge in [-0.2, -0.15) is 0 Å². The Morgan fingerprint density at radius 1 is 1.40 bits per heavy atom. The van der Waals surface area contributed by atoms with E-state index >= 15 is 0 Å². The number of ether oxygens (including phenoxy) is 2. The van der Waals surface area contributed by atoms with Crippen molar-refractivity contribution in [1.82, 2.24) is 10.3 Å². The molecule has 20 heavy (non-hydrogen) atoms. The van der Waals surface area contributed by atoms with Gasteiger partial charge in [-0.1, -0.05) is 0 Å². The van der Waals surface area contributed by atoms with Crippen LogP contribution in [0.2, 0.25) is 0 Å². The van der Waals surface area contributed by atoms with E-state index in [9.17, 15) is 4.79 Å². The molecule has 6 heteroatoms. The van der Waals surface area contributed by atoms with Crippen molar-refractivity contribution in [1.29, 1.82) is 0 Å². The average Bonchev–Trinajstić information content (AvgIpc) is 3.06. The van der Waals surface area contributed by atoms with Crippen molar-refractivity contribution in [2.24, 2.45) is 0 Å². The van der Waals surface area contributed by atoms with Gasteiger partial charge in [0.15, 0.2) is 11.5 Å². The van der Waals surface area contributed by atoms with Gasteiger partial charge in [0.2, 0.25) is 12.7 Å². The number of fused-ring (bicyclic) bond motifs is 1. The largest absolute Gasteiger partial charge is 0.454 e. The van der Waals surface area contributed by atoms with Crippen molar-refractivity contribution in [3.8, 4) is 22.1 Å². The maximum atomic E-state index is 11.5. The van der Waals surface area contributed by atoms with Crippen LogP contribution in [0.3, 0.4) is 0 Å². The lowest BCUT2D eigenvalue weighted by Crippen LogP contribution is -2.24. The number of amides is 1. The van der Waals surface area contributed by atoms with Crippen LogP contribution in [-0.2, 0) is 11.2 Å². The third-order valence-electron chi connectivity index (χ3n) is 2.89. The normalized spacial score (nSPS) is 12.4. The first kappa shape index (κ1) is 12.9. The minimum Gasteiger partial charge on any atom is -0.454 e. The predicted molar refractivity (Wildman–Crippen MR) is 76.1 cm³/mol. The summed E-state index contributed by atoms with van der Waals surface area (Å²) in [5.41, 5.74) is 1.76. The van der Waals surface area contributed by atoms with Crippen LogP contribution in [0, 0.1) is 0 Å². The fourth-order valence-corrected chi connectivity index (χ4v) is 2.79. The van der Waals surface area contributed by atoms with Gasteiger partial charge >= 0.3 is 0 Å². The summed E-state index contributed by atoms with van der Waals surface area (Å²) in [6.45, 7) is 2.80. The molecule has 1 amide bonds. The number of nitrogens with zero attached hydrogens (tertiary/aromatic N) is 1. The van der Waals surface area contributed by atoms with Crippen molar-refractivity contribution in [2.75, 3.05) is 13.3 Å². The first-order chi connectivity index (χ1) is 9.76. The zero-order valence-electron chi connectivity index (χ0n) is 11.0. The quantitative estimate of drug-likeness (QED) is 0.938. The van der Waals surface area contributed by atoms with Gasteiger partial charge in [0, 0.05) is 17.5 Å². The highest BCUT2D eigenvalue weighted by molar-refractivity contribution is 7.13. The van der Waals surface area contributed by atoms with Gasteiger partial charge in [0.05, 0.1) is 12.1 Å². The van der Waals surface area contributed by atoms with Crippen LogP contribution >= 0.6 is 11.3 Å². The van der Waals surface area contributed by atoms with Crippen LogP contribution in [0.4, 0.5) is 0 Å². The SMILES string of the molecule is CCNC(=O)Cc1csc(-c2ccc3c(c2)OCO3)n1. The van der Waals surface area contributed by atoms with Crippen molar-refractivity contribution in [3.05, 3.63) is 29.3 Å². The molecule has 1 aromatic heterocycles. The summed E-state index contributed by atoms with van der Waals surface area (Å²) in [6.07, 6.45) is 0.314. The summed E-state index contributed by atoms with van der Waals surface area (Å²) < 4.78 is 10.6. The monoisotopic (exact) mass is 290 g/mol. The highest BCUT2D eigenvalue weighted by Crippen LogP contribution is 2.36. The van der Waals surface area contributed by atoms with E-state index in [1.165, 1.54) is 11.3 Å². The Morgan fingerprint density at radius 2 is 2.25 bits per heavy atom. The average molecular weight is 290 g/mol. The van der Waals surface area contributed by atoms with Gasteiger partial charge in [-0.15, -0.1) is 11.3 Å². The standard InChI is InChI=1S/C14H14N2O3S/c1-2-15-13(17)6-10-7-20-14(16-10)9-3-4-11-12(5-9)19-8-18-11/h3-5,7H,2,6,8H2,1H3,(H,15,17). The highest BCUT2D eigenvalue weighted by Gasteiger charge is 2.15. The summed E-state index contributed by atoms with van der Waals surface area (Å²) in [6, 6.07) is 5.74. The maximum absolute atomic E-state index is 11.5. The van der Waals surface area contributed by atoms with Crippen LogP contribution in [0.15, 0.2) is 23.6 Å². The number of hydrogen-bond acceptors (Lipinski definition) is 5. The molecular formula is C14H14N2O3S. The van der Waals surface area contributed by atoms with Gasteiger partial charge in [-0.25, -0.2) is 4.98 Å². The van der Waals surface area contributed by atoms with Gasteiger partial charge < -0.3 is 14.8 Å². The summed E-state index contributed by atoms with van der Waals surface area (Å²) >= 11 is 1.52. The number of likely N-dealkylation sites (N-methyl/N-ethyl adjacent to an activating group) is 1. The van der Waals surface area contributed by atoms with Crippen LogP contribution < -0.4 is 14.8 Å². The molecule has 0 radical (unpaired) electrons. The molecule has 104 valence electrons. The van der Waals surface area contributed by atoms with Crippen molar-refractivity contribution < 1.29 is 14.3 Å². The minimum atomic E-state index is -0.00460. The molecule has 0 bridgehead atoms. The third kappa shape index (κ3) is 2.60. The molecule has 2 heterocycles. The third-order valence-corrected chi connectivity index (χ3v) is 3.83. The molecule has 3 rings (SSSR count). The lowest BCUT2D eigenvalue weighted by Gasteiger charge is -2.00. The topological polar surface area (TPSA) is 60.5 Å². The van der Waals surface area contributed by atoms with E-state index in [0.717, 1.165) is 27.8 Å². The molecule has 0 unspecified atom stereocenters. The number of thiazole rings is 1. The summed E-state index contributed by atoms with van der Waals surface area (Å²) in [7, 11) is 0. The molecule has 2 aromatic rings. The van der Waals surface area contributed by atoms with Gasteiger partial charge in [-0.3, -0.25) is 4.79 Å². The maximum Gasteiger partial charge on any atom is 0.231 e. The minimum absolute atomic E-state index is 0.00460. The Labute approximate surface area is 120 Å². The Balaban J connectivity index is 1.78. The van der Waals surface area contributed by atoms with Crippen molar-refractivity contribution in [2.45, 2.75) is 13.3 Å². The fourth-order valence-electron chi connectivity index (χ4n) is 1.97. The Kier molecular flexibility index (Phi) is 3.56. The molecule has 5 nitrogen and oxygen atoms in total. The summed E-state index contributed by atoms with van der Waals surface area (Å²) in [5, 5.41) is 5.56. The number of benzene rings is 1. The molecule has 0 atom stereocenters. The number of rotatable bonds is 4. The molecule has 1 aliphatic rings. The van der Waals surface area contributed by atoms with E-state index in [2.05, 4.69) is 10.3 Å². The van der Waals surface area contributed by atoms with Gasteiger partial charge in [0.1, 0.15) is 5.01 Å². The molecule has 0 fully saturated rings. The Morgan fingerprint density at radius 3 is 3.10 bits per heavy atom. The predicted octanol–water partition coefficient (Wildman–Crippen LogP) is 2.22. The van der Waals surface area contributed by atoms with Crippen LogP contribution in [0.5, 0.6) is 11.5 Å². The molecular weight excluding hydrogens is 276 g/mol. The molecule has 0 aliphatic carbocycles. The van der Waals surface area contributed by atoms with Crippen molar-refractivity contribution in [3.63, 3.8) is 0 Å². The fraction of sp³-hybridized carbons (Fsp3) is 0.286. The van der Waals surface area contributed by atoms with E-state index in [1.807, 2.05) is 30.5 Å². The first-order valence-electron chi connectivity index (χ1n) is 6.37. The van der Waals surface area contributed by atoms with E-state index in [1.54, 1.807) is 0 Å². The van der Waals surface area contributed by atoms with Crippen LogP contribution in [-0.4, -0.2) is 24.2 Å². The number of nitrogens with one attached hydrogen (secondary N) is 1. The van der Waals surface area contributed by atoms with Crippen molar-refractivity contribution >= 4 is 17.2 Å². The molecule has 1 N–H and O–H groups in total. The zero-order valence-corrected chi connectivity index (χ0v) is 11.8. The van der Waals surface area contributed by atoms with E-state index in [4.69, 9.17) is 9.47 Å². The number of aromatic nitrogens is 1. The zero-order chi connectivity index (χ0) is 13.9. The second kappa shape index (κ2) is 5.50. The van der Waals surface area contributed by atoms with Crippen LogP contribution in [0.25, 0.3) is 10.6 Å². The highest BCUT2D eigenvalue weighted by atomic mass is 32.1. The number of carbonyl (C=O) groups is 1. The van der Waals surface area contributed by atoms with Gasteiger partial charge in [0.25, 0.3) is 0 Å². The van der Waals surface area contributed by atoms with Gasteiger partial charge in [-0.05, 0) is 25.1 Å². The molecule has 0 saturated heterocycles. The molecule has 0 spiro atoms. The number of hydrogen-bond donors (Lipinski definition) is 1. The second-order valence-electron chi connectivity index (χ2n) is 4.34. The first-order valence-corrected chi connectivity index (χ1v) is 7.25. The Hall–Kier alpha value is -2.08. The lowest BCUT2D eigenvalue weighted by molar-refractivity contribution is -0.120. The summed E-state index contributed by atoms with van der Waals surface area (Å²) in [4.78, 5) is 16.0. The van der Waals surface area contributed by atoms with Crippen LogP contribution in [0.1, 0.15) is 12.6 Å².